The second kappa shape index (κ2) is 10.7. The molecule has 0 spiro atoms. The van der Waals surface area contributed by atoms with E-state index >= 15 is 0 Å². The summed E-state index contributed by atoms with van der Waals surface area (Å²) in [5, 5.41) is 3.09. The second-order valence-electron chi connectivity index (χ2n) is 3.36. The molecule has 0 fully saturated rings. The summed E-state index contributed by atoms with van der Waals surface area (Å²) in [6.07, 6.45) is 1.02. The number of nitrogens with one attached hydrogen (secondary N) is 2. The van der Waals surface area contributed by atoms with Crippen LogP contribution in [-0.4, -0.2) is 45.5 Å². The smallest absolute Gasteiger partial charge is 0.205 e. The van der Waals surface area contributed by atoms with Gasteiger partial charge in [-0.05, 0) is 20.3 Å². The van der Waals surface area contributed by atoms with Crippen LogP contribution in [0.4, 0.5) is 0 Å². The monoisotopic (exact) mass is 232 g/mol. The fourth-order valence-corrected chi connectivity index (χ4v) is 0.972. The molecular weight excluding hydrogens is 208 g/mol. The van der Waals surface area contributed by atoms with Crippen LogP contribution in [0.5, 0.6) is 0 Å². The summed E-state index contributed by atoms with van der Waals surface area (Å²) >= 11 is 0. The molecule has 0 aromatic rings. The number of nitrogens with zero attached hydrogens (tertiary/aromatic N) is 1. The summed E-state index contributed by atoms with van der Waals surface area (Å²) in [6.45, 7) is 6.79. The maximum atomic E-state index is 5.33. The Labute approximate surface area is 97.6 Å². The number of hydrogen-bond donors (Lipinski definition) is 3. The lowest BCUT2D eigenvalue weighted by Crippen LogP contribution is -2.42. The van der Waals surface area contributed by atoms with Gasteiger partial charge in [0.25, 0.3) is 0 Å². The Kier molecular flexibility index (Phi) is 10.1. The highest BCUT2D eigenvalue weighted by molar-refractivity contribution is 5.79. The minimum absolute atomic E-state index is 0.0913. The molecule has 0 saturated carbocycles. The molecule has 0 aliphatic rings. The van der Waals surface area contributed by atoms with E-state index in [0.29, 0.717) is 12.5 Å². The first-order valence-electron chi connectivity index (χ1n) is 5.60. The van der Waals surface area contributed by atoms with Crippen LogP contribution >= 0.6 is 0 Å². The molecule has 0 bridgehead atoms. The molecule has 0 rings (SSSR count). The van der Waals surface area contributed by atoms with Crippen molar-refractivity contribution in [1.29, 1.82) is 0 Å². The molecule has 16 heavy (non-hydrogen) atoms. The Morgan fingerprint density at radius 1 is 1.50 bits per heavy atom. The van der Waals surface area contributed by atoms with Crippen LogP contribution < -0.4 is 16.6 Å². The van der Waals surface area contributed by atoms with Crippen molar-refractivity contribution in [3.8, 4) is 0 Å². The van der Waals surface area contributed by atoms with Crippen molar-refractivity contribution in [1.82, 2.24) is 10.7 Å². The molecule has 0 heterocycles. The first-order valence-corrected chi connectivity index (χ1v) is 5.60. The Morgan fingerprint density at radius 3 is 2.81 bits per heavy atom. The van der Waals surface area contributed by atoms with E-state index in [2.05, 4.69) is 15.7 Å². The minimum atomic E-state index is 0.0913. The molecule has 0 aromatic heterocycles. The van der Waals surface area contributed by atoms with Gasteiger partial charge in [0, 0.05) is 26.9 Å². The van der Waals surface area contributed by atoms with E-state index in [9.17, 15) is 0 Å². The average molecular weight is 232 g/mol. The normalized spacial score (nSPS) is 13.6. The number of aliphatic imine (C=N–C) groups is 1. The molecule has 4 N–H and O–H groups in total. The number of nitrogens with two attached hydrogens (primary N) is 1. The second-order valence-corrected chi connectivity index (χ2v) is 3.36. The first-order chi connectivity index (χ1) is 7.74. The van der Waals surface area contributed by atoms with Crippen molar-refractivity contribution in [3.05, 3.63) is 0 Å². The van der Waals surface area contributed by atoms with Crippen molar-refractivity contribution in [2.75, 3.05) is 33.4 Å². The van der Waals surface area contributed by atoms with Gasteiger partial charge in [0.2, 0.25) is 5.96 Å². The quantitative estimate of drug-likeness (QED) is 0.178. The van der Waals surface area contributed by atoms with Gasteiger partial charge in [-0.15, -0.1) is 0 Å². The van der Waals surface area contributed by atoms with Gasteiger partial charge in [-0.25, -0.2) is 10.8 Å². The standard InChI is InChI=1S/C10H24N4O2/c1-4-16-7-5-6-12-10(14-11)13-8-9(2)15-3/h9H,4-8,11H2,1-3H3,(H2,12,13,14). The third-order valence-corrected chi connectivity index (χ3v) is 2.01. The summed E-state index contributed by atoms with van der Waals surface area (Å²) in [6, 6.07) is 0. The zero-order valence-corrected chi connectivity index (χ0v) is 10.5. The van der Waals surface area contributed by atoms with Crippen molar-refractivity contribution in [2.24, 2.45) is 10.8 Å². The molecule has 6 nitrogen and oxygen atoms in total. The van der Waals surface area contributed by atoms with Crippen LogP contribution in [0.1, 0.15) is 20.3 Å². The number of rotatable bonds is 8. The maximum Gasteiger partial charge on any atom is 0.205 e. The summed E-state index contributed by atoms with van der Waals surface area (Å²) in [5.41, 5.74) is 2.51. The number of methoxy groups -OCH3 is 1. The van der Waals surface area contributed by atoms with E-state index in [1.165, 1.54) is 0 Å². The van der Waals surface area contributed by atoms with E-state index in [1.54, 1.807) is 7.11 Å². The SMILES string of the molecule is CCOCCCNC(=NCC(C)OC)NN. The zero-order valence-electron chi connectivity index (χ0n) is 10.5. The van der Waals surface area contributed by atoms with E-state index in [0.717, 1.165) is 26.2 Å². The van der Waals surface area contributed by atoms with Crippen LogP contribution in [-0.2, 0) is 9.47 Å². The number of guanidine groups is 1. The summed E-state index contributed by atoms with van der Waals surface area (Å²) < 4.78 is 10.3. The molecule has 6 heteroatoms. The highest BCUT2D eigenvalue weighted by atomic mass is 16.5. The van der Waals surface area contributed by atoms with Crippen molar-refractivity contribution in [3.63, 3.8) is 0 Å². The van der Waals surface area contributed by atoms with E-state index in [-0.39, 0.29) is 6.10 Å². The predicted molar refractivity (Wildman–Crippen MR) is 65.2 cm³/mol. The Balaban J connectivity index is 3.65. The molecule has 1 atom stereocenters. The van der Waals surface area contributed by atoms with Crippen molar-refractivity contribution < 1.29 is 9.47 Å². The molecule has 0 aliphatic heterocycles. The van der Waals surface area contributed by atoms with Crippen molar-refractivity contribution in [2.45, 2.75) is 26.4 Å². The number of hydrogen-bond acceptors (Lipinski definition) is 4. The van der Waals surface area contributed by atoms with Crippen molar-refractivity contribution >= 4 is 5.96 Å². The Morgan fingerprint density at radius 2 is 2.25 bits per heavy atom. The lowest BCUT2D eigenvalue weighted by Gasteiger charge is -2.11. The van der Waals surface area contributed by atoms with Gasteiger partial charge in [0.15, 0.2) is 0 Å². The molecule has 1 unspecified atom stereocenters. The Bertz CT molecular complexity index is 188. The van der Waals surface area contributed by atoms with E-state index in [4.69, 9.17) is 15.3 Å². The highest BCUT2D eigenvalue weighted by Crippen LogP contribution is 1.87. The molecule has 0 amide bonds. The van der Waals surface area contributed by atoms with E-state index < -0.39 is 0 Å². The van der Waals surface area contributed by atoms with E-state index in [1.807, 2.05) is 13.8 Å². The topological polar surface area (TPSA) is 80.9 Å². The molecule has 96 valence electrons. The number of ether oxygens (including phenoxy) is 2. The third-order valence-electron chi connectivity index (χ3n) is 2.01. The van der Waals surface area contributed by atoms with Gasteiger partial charge in [-0.1, -0.05) is 0 Å². The molecular formula is C10H24N4O2. The minimum Gasteiger partial charge on any atom is -0.382 e. The van der Waals surface area contributed by atoms with Gasteiger partial charge in [0.1, 0.15) is 0 Å². The third kappa shape index (κ3) is 8.46. The summed E-state index contributed by atoms with van der Waals surface area (Å²) in [4.78, 5) is 4.23. The van der Waals surface area contributed by atoms with Gasteiger partial charge in [0.05, 0.1) is 12.6 Å². The number of hydrazine groups is 1. The fraction of sp³-hybridized carbons (Fsp3) is 0.900. The molecule has 0 aromatic carbocycles. The van der Waals surface area contributed by atoms with Gasteiger partial charge in [-0.3, -0.25) is 5.43 Å². The van der Waals surface area contributed by atoms with Gasteiger partial charge >= 0.3 is 0 Å². The lowest BCUT2D eigenvalue weighted by molar-refractivity contribution is 0.125. The van der Waals surface area contributed by atoms with Gasteiger partial charge < -0.3 is 14.8 Å². The van der Waals surface area contributed by atoms with Crippen LogP contribution in [0.25, 0.3) is 0 Å². The Hall–Kier alpha value is -0.850. The lowest BCUT2D eigenvalue weighted by atomic mass is 10.4. The largest absolute Gasteiger partial charge is 0.382 e. The van der Waals surface area contributed by atoms with Gasteiger partial charge in [-0.2, -0.15) is 0 Å². The van der Waals surface area contributed by atoms with Crippen LogP contribution in [0.2, 0.25) is 0 Å². The zero-order chi connectivity index (χ0) is 12.2. The summed E-state index contributed by atoms with van der Waals surface area (Å²) in [7, 11) is 1.66. The maximum absolute atomic E-state index is 5.33. The highest BCUT2D eigenvalue weighted by Gasteiger charge is 1.99. The molecule has 0 aliphatic carbocycles. The van der Waals surface area contributed by atoms with Crippen LogP contribution in [0.15, 0.2) is 4.99 Å². The fourth-order valence-electron chi connectivity index (χ4n) is 0.972. The average Bonchev–Trinajstić information content (AvgIpc) is 2.32. The molecule has 0 saturated heterocycles. The van der Waals surface area contributed by atoms with Crippen LogP contribution in [0.3, 0.4) is 0 Å². The summed E-state index contributed by atoms with van der Waals surface area (Å²) in [5.74, 6) is 5.91. The van der Waals surface area contributed by atoms with Crippen LogP contribution in [0, 0.1) is 0 Å². The predicted octanol–water partition coefficient (Wildman–Crippen LogP) is -0.143. The molecule has 0 radical (unpaired) electrons. The first kappa shape index (κ1) is 15.2.